The van der Waals surface area contributed by atoms with Crippen LogP contribution in [0.4, 0.5) is 11.6 Å². The number of aromatic nitrogens is 2. The Bertz CT molecular complexity index is 1190. The van der Waals surface area contributed by atoms with Crippen LogP contribution in [-0.4, -0.2) is 53.2 Å². The van der Waals surface area contributed by atoms with Crippen molar-refractivity contribution in [2.75, 3.05) is 31.8 Å². The van der Waals surface area contributed by atoms with Gasteiger partial charge in [0.1, 0.15) is 0 Å². The molecule has 0 N–H and O–H groups in total. The van der Waals surface area contributed by atoms with E-state index in [-0.39, 0.29) is 25.4 Å². The fourth-order valence-electron chi connectivity index (χ4n) is 4.07. The van der Waals surface area contributed by atoms with Gasteiger partial charge in [0.15, 0.2) is 5.92 Å². The first-order chi connectivity index (χ1) is 15.5. The Balaban J connectivity index is 1.99. The van der Waals surface area contributed by atoms with Crippen LogP contribution in [-0.2, 0) is 19.1 Å². The van der Waals surface area contributed by atoms with Gasteiger partial charge in [-0.05, 0) is 24.6 Å². The van der Waals surface area contributed by atoms with Gasteiger partial charge in [0.05, 0.1) is 41.8 Å². The largest absolute Gasteiger partial charge is 0.465 e. The van der Waals surface area contributed by atoms with E-state index in [2.05, 4.69) is 4.98 Å². The number of rotatable bonds is 7. The van der Waals surface area contributed by atoms with Crippen LogP contribution in [0.5, 0.6) is 0 Å². The predicted molar refractivity (Wildman–Crippen MR) is 115 cm³/mol. The lowest BCUT2D eigenvalue weighted by Crippen LogP contribution is -2.51. The summed E-state index contributed by atoms with van der Waals surface area (Å²) in [5, 5.41) is 11.4. The zero-order valence-corrected chi connectivity index (χ0v) is 17.6. The third-order valence-corrected chi connectivity index (χ3v) is 5.43. The number of nitrogens with zero attached hydrogens (tertiary/aromatic N) is 4. The van der Waals surface area contributed by atoms with E-state index < -0.39 is 28.8 Å². The molecule has 0 fully saturated rings. The van der Waals surface area contributed by atoms with Crippen LogP contribution in [0.3, 0.4) is 0 Å². The van der Waals surface area contributed by atoms with Gasteiger partial charge in [0, 0.05) is 19.2 Å². The summed E-state index contributed by atoms with van der Waals surface area (Å²) in [6, 6.07) is 12.4. The average molecular weight is 438 g/mol. The van der Waals surface area contributed by atoms with Gasteiger partial charge in [0.25, 0.3) is 5.69 Å². The van der Waals surface area contributed by atoms with Crippen molar-refractivity contribution in [3.63, 3.8) is 0 Å². The second kappa shape index (κ2) is 8.75. The number of anilines is 1. The van der Waals surface area contributed by atoms with Gasteiger partial charge in [-0.1, -0.05) is 24.3 Å². The highest BCUT2D eigenvalue weighted by Gasteiger charge is 2.48. The summed E-state index contributed by atoms with van der Waals surface area (Å²) < 4.78 is 12.2. The van der Waals surface area contributed by atoms with Gasteiger partial charge in [0.2, 0.25) is 11.9 Å². The van der Waals surface area contributed by atoms with Gasteiger partial charge in [-0.15, -0.1) is 0 Å². The number of amides is 1. The molecule has 0 spiro atoms. The highest BCUT2D eigenvalue weighted by molar-refractivity contribution is 6.08. The first-order valence-corrected chi connectivity index (χ1v) is 10.2. The molecular formula is C22H22N4O6. The summed E-state index contributed by atoms with van der Waals surface area (Å²) in [4.78, 5) is 43.5. The van der Waals surface area contributed by atoms with Gasteiger partial charge in [-0.2, -0.15) is 0 Å². The Morgan fingerprint density at radius 3 is 2.72 bits per heavy atom. The van der Waals surface area contributed by atoms with Gasteiger partial charge in [-0.3, -0.25) is 24.6 Å². The molecule has 0 saturated carbocycles. The number of esters is 1. The van der Waals surface area contributed by atoms with Crippen molar-refractivity contribution in [3.05, 3.63) is 64.2 Å². The zero-order valence-electron chi connectivity index (χ0n) is 17.6. The van der Waals surface area contributed by atoms with Crippen LogP contribution in [0.15, 0.2) is 48.5 Å². The lowest BCUT2D eigenvalue weighted by molar-refractivity contribution is -0.384. The van der Waals surface area contributed by atoms with Crippen LogP contribution in [0, 0.1) is 16.0 Å². The molecule has 2 atom stereocenters. The third-order valence-electron chi connectivity index (χ3n) is 5.43. The van der Waals surface area contributed by atoms with E-state index in [1.165, 1.54) is 30.2 Å². The molecule has 0 saturated heterocycles. The third kappa shape index (κ3) is 3.58. The smallest absolute Gasteiger partial charge is 0.321 e. The van der Waals surface area contributed by atoms with E-state index in [4.69, 9.17) is 9.47 Å². The van der Waals surface area contributed by atoms with Crippen LogP contribution >= 0.6 is 0 Å². The number of non-ortho nitro benzene ring substituents is 1. The Morgan fingerprint density at radius 2 is 2.00 bits per heavy atom. The van der Waals surface area contributed by atoms with E-state index in [0.29, 0.717) is 22.5 Å². The molecule has 1 amide bonds. The van der Waals surface area contributed by atoms with Crippen molar-refractivity contribution < 1.29 is 24.0 Å². The Labute approximate surface area is 183 Å². The van der Waals surface area contributed by atoms with Crippen molar-refractivity contribution in [1.29, 1.82) is 0 Å². The molecule has 0 radical (unpaired) electrons. The minimum atomic E-state index is -1.24. The molecular weight excluding hydrogens is 416 g/mol. The summed E-state index contributed by atoms with van der Waals surface area (Å²) in [7, 11) is 1.52. The average Bonchev–Trinajstić information content (AvgIpc) is 3.17. The quantitative estimate of drug-likeness (QED) is 0.241. The SMILES string of the molecule is CCOC(=O)C1C(=O)N(CCOC)c2nc3ccccc3n2C1c1cccc([N+](=O)[O-])c1. The van der Waals surface area contributed by atoms with Crippen molar-refractivity contribution >= 4 is 34.5 Å². The molecule has 2 aromatic carbocycles. The zero-order chi connectivity index (χ0) is 22.8. The molecule has 0 aliphatic carbocycles. The lowest BCUT2D eigenvalue weighted by Gasteiger charge is -2.37. The summed E-state index contributed by atoms with van der Waals surface area (Å²) >= 11 is 0. The second-order valence-corrected chi connectivity index (χ2v) is 7.28. The molecule has 2 unspecified atom stereocenters. The topological polar surface area (TPSA) is 117 Å². The van der Waals surface area contributed by atoms with Crippen LogP contribution in [0.1, 0.15) is 18.5 Å². The van der Waals surface area contributed by atoms with Crippen molar-refractivity contribution in [1.82, 2.24) is 9.55 Å². The minimum absolute atomic E-state index is 0.0971. The maximum absolute atomic E-state index is 13.6. The monoisotopic (exact) mass is 438 g/mol. The lowest BCUT2D eigenvalue weighted by atomic mass is 9.89. The number of imidazole rings is 1. The molecule has 1 aliphatic heterocycles. The minimum Gasteiger partial charge on any atom is -0.465 e. The van der Waals surface area contributed by atoms with Gasteiger partial charge in [-0.25, -0.2) is 4.98 Å². The standard InChI is InChI=1S/C22H22N4O6/c1-3-32-21(28)18-19(14-7-6-8-15(13-14)26(29)30)25-17-10-5-4-9-16(17)23-22(25)24(20(18)27)11-12-31-2/h4-10,13,18-19H,3,11-12H2,1-2H3. The molecule has 10 nitrogen and oxygen atoms in total. The molecule has 4 rings (SSSR count). The van der Waals surface area contributed by atoms with Crippen molar-refractivity contribution in [2.45, 2.75) is 13.0 Å². The summed E-state index contributed by atoms with van der Waals surface area (Å²) in [6.45, 7) is 2.19. The Morgan fingerprint density at radius 1 is 1.22 bits per heavy atom. The second-order valence-electron chi connectivity index (χ2n) is 7.28. The number of methoxy groups -OCH3 is 1. The van der Waals surface area contributed by atoms with E-state index in [1.807, 2.05) is 24.3 Å². The van der Waals surface area contributed by atoms with Gasteiger partial charge < -0.3 is 14.0 Å². The molecule has 0 bridgehead atoms. The highest BCUT2D eigenvalue weighted by atomic mass is 16.6. The van der Waals surface area contributed by atoms with E-state index >= 15 is 0 Å². The fraction of sp³-hybridized carbons (Fsp3) is 0.318. The Kier molecular flexibility index (Phi) is 5.87. The number of ether oxygens (including phenoxy) is 2. The normalized spacial score (nSPS) is 17.9. The number of benzene rings is 2. The molecule has 3 aromatic rings. The number of hydrogen-bond acceptors (Lipinski definition) is 7. The predicted octanol–water partition coefficient (Wildman–Crippen LogP) is 2.71. The molecule has 1 aromatic heterocycles. The van der Waals surface area contributed by atoms with Crippen LogP contribution < -0.4 is 4.90 Å². The highest BCUT2D eigenvalue weighted by Crippen LogP contribution is 2.41. The van der Waals surface area contributed by atoms with Crippen LogP contribution in [0.25, 0.3) is 11.0 Å². The number of hydrogen-bond donors (Lipinski definition) is 0. The number of fused-ring (bicyclic) bond motifs is 3. The maximum Gasteiger partial charge on any atom is 0.321 e. The van der Waals surface area contributed by atoms with E-state index in [1.54, 1.807) is 17.6 Å². The molecule has 166 valence electrons. The molecule has 1 aliphatic rings. The van der Waals surface area contributed by atoms with E-state index in [9.17, 15) is 19.7 Å². The number of nitro benzene ring substituents is 1. The van der Waals surface area contributed by atoms with Gasteiger partial charge >= 0.3 is 5.97 Å². The number of carbonyl (C=O) groups is 2. The summed E-state index contributed by atoms with van der Waals surface area (Å²) in [5.74, 6) is -2.07. The summed E-state index contributed by atoms with van der Waals surface area (Å²) in [6.07, 6.45) is 0. The first kappa shape index (κ1) is 21.4. The molecule has 10 heteroatoms. The van der Waals surface area contributed by atoms with Crippen LogP contribution in [0.2, 0.25) is 0 Å². The first-order valence-electron chi connectivity index (χ1n) is 10.2. The number of nitro groups is 1. The fourth-order valence-corrected chi connectivity index (χ4v) is 4.07. The van der Waals surface area contributed by atoms with Crippen molar-refractivity contribution in [3.8, 4) is 0 Å². The molecule has 2 heterocycles. The Hall–Kier alpha value is -3.79. The molecule has 32 heavy (non-hydrogen) atoms. The number of carbonyl (C=O) groups excluding carboxylic acids is 2. The van der Waals surface area contributed by atoms with Crippen molar-refractivity contribution in [2.24, 2.45) is 5.92 Å². The summed E-state index contributed by atoms with van der Waals surface area (Å²) in [5.41, 5.74) is 1.65. The van der Waals surface area contributed by atoms with E-state index in [0.717, 1.165) is 0 Å². The maximum atomic E-state index is 13.6. The number of para-hydroxylation sites is 2.